The van der Waals surface area contributed by atoms with Gasteiger partial charge in [-0.3, -0.25) is 4.79 Å². The van der Waals surface area contributed by atoms with Crippen LogP contribution in [0.25, 0.3) is 16.9 Å². The number of imidazole rings is 1. The van der Waals surface area contributed by atoms with Crippen LogP contribution < -0.4 is 5.32 Å². The third-order valence-corrected chi connectivity index (χ3v) is 4.18. The van der Waals surface area contributed by atoms with Gasteiger partial charge in [0.15, 0.2) is 0 Å². The van der Waals surface area contributed by atoms with Gasteiger partial charge >= 0.3 is 0 Å². The van der Waals surface area contributed by atoms with Crippen molar-refractivity contribution in [2.24, 2.45) is 0 Å². The van der Waals surface area contributed by atoms with Crippen molar-refractivity contribution in [3.8, 4) is 16.9 Å². The molecule has 1 unspecified atom stereocenters. The van der Waals surface area contributed by atoms with Crippen LogP contribution >= 0.6 is 0 Å². The van der Waals surface area contributed by atoms with Crippen LogP contribution in [0.15, 0.2) is 67.1 Å². The molecule has 0 fully saturated rings. The third kappa shape index (κ3) is 3.59. The van der Waals surface area contributed by atoms with Crippen LogP contribution in [0.1, 0.15) is 29.1 Å². The molecule has 2 heterocycles. The van der Waals surface area contributed by atoms with Crippen molar-refractivity contribution >= 4 is 5.91 Å². The van der Waals surface area contributed by atoms with Crippen molar-refractivity contribution in [1.29, 1.82) is 0 Å². The van der Waals surface area contributed by atoms with Gasteiger partial charge < -0.3 is 10.3 Å². The number of hydrogen-bond acceptors (Lipinski definition) is 5. The summed E-state index contributed by atoms with van der Waals surface area (Å²) in [6.07, 6.45) is 3.27. The van der Waals surface area contributed by atoms with E-state index in [0.717, 1.165) is 16.9 Å². The number of nitrogens with zero attached hydrogens (tertiary/aromatic N) is 5. The van der Waals surface area contributed by atoms with E-state index in [1.807, 2.05) is 37.3 Å². The quantitative estimate of drug-likeness (QED) is 0.570. The number of rotatable bonds is 5. The van der Waals surface area contributed by atoms with Crippen LogP contribution in [0.2, 0.25) is 0 Å². The lowest BCUT2D eigenvalue weighted by atomic mass is 10.1. The predicted molar refractivity (Wildman–Crippen MR) is 99.1 cm³/mol. The highest BCUT2D eigenvalue weighted by Crippen LogP contribution is 2.19. The van der Waals surface area contributed by atoms with Gasteiger partial charge in [-0.1, -0.05) is 30.3 Å². The van der Waals surface area contributed by atoms with Crippen LogP contribution in [0.3, 0.4) is 0 Å². The number of carbonyl (C=O) groups excluding carboxylic acids is 1. The van der Waals surface area contributed by atoms with Gasteiger partial charge in [0.2, 0.25) is 0 Å². The highest BCUT2D eigenvalue weighted by atomic mass is 16.1. The summed E-state index contributed by atoms with van der Waals surface area (Å²) in [6.45, 7) is 1.89. The minimum atomic E-state index is -0.255. The minimum Gasteiger partial charge on any atom is -0.342 e. The summed E-state index contributed by atoms with van der Waals surface area (Å²) in [7, 11) is 0. The first-order chi connectivity index (χ1) is 13.2. The highest BCUT2D eigenvalue weighted by molar-refractivity contribution is 5.94. The van der Waals surface area contributed by atoms with Gasteiger partial charge in [0.1, 0.15) is 12.2 Å². The molecule has 0 radical (unpaired) electrons. The average molecular weight is 359 g/mol. The fourth-order valence-corrected chi connectivity index (χ4v) is 2.71. The van der Waals surface area contributed by atoms with Crippen molar-refractivity contribution < 1.29 is 4.79 Å². The molecule has 27 heavy (non-hydrogen) atoms. The van der Waals surface area contributed by atoms with Crippen molar-refractivity contribution in [3.63, 3.8) is 0 Å². The van der Waals surface area contributed by atoms with Crippen molar-refractivity contribution in [2.75, 3.05) is 0 Å². The Kier molecular flexibility index (Phi) is 4.44. The molecule has 4 rings (SSSR count). The number of H-pyrrole nitrogens is 1. The monoisotopic (exact) mass is 359 g/mol. The van der Waals surface area contributed by atoms with Crippen molar-refractivity contribution in [1.82, 2.24) is 35.5 Å². The Morgan fingerprint density at radius 3 is 2.59 bits per heavy atom. The molecule has 1 amide bonds. The molecule has 0 aliphatic rings. The van der Waals surface area contributed by atoms with Crippen molar-refractivity contribution in [3.05, 3.63) is 78.5 Å². The molecule has 2 aromatic carbocycles. The predicted octanol–water partition coefficient (Wildman–Crippen LogP) is 2.54. The topological polar surface area (TPSA) is 101 Å². The Bertz CT molecular complexity index is 1020. The number of nitrogens with one attached hydrogen (secondary N) is 2. The molecule has 134 valence electrons. The molecule has 0 aliphatic heterocycles. The SMILES string of the molecule is CC(NC(=O)c1ccc(-n2cnnn2)cc1)c1ncc(-c2ccccc2)[nH]1. The molecule has 0 saturated carbocycles. The Morgan fingerprint density at radius 1 is 1.11 bits per heavy atom. The number of aromatic nitrogens is 6. The van der Waals surface area contributed by atoms with Crippen LogP contribution in [0.4, 0.5) is 0 Å². The molecular formula is C19H17N7O. The van der Waals surface area contributed by atoms with Gasteiger partial charge in [-0.05, 0) is 47.2 Å². The lowest BCUT2D eigenvalue weighted by Gasteiger charge is -2.12. The Labute approximate surface area is 155 Å². The van der Waals surface area contributed by atoms with Gasteiger partial charge in [-0.15, -0.1) is 5.10 Å². The van der Waals surface area contributed by atoms with Gasteiger partial charge in [0, 0.05) is 5.56 Å². The summed E-state index contributed by atoms with van der Waals surface area (Å²) in [5, 5.41) is 14.0. The first kappa shape index (κ1) is 16.6. The molecule has 4 aromatic rings. The van der Waals surface area contributed by atoms with Gasteiger partial charge in [0.05, 0.1) is 23.6 Å². The lowest BCUT2D eigenvalue weighted by molar-refractivity contribution is 0.0938. The second kappa shape index (κ2) is 7.20. The van der Waals surface area contributed by atoms with E-state index in [0.29, 0.717) is 11.4 Å². The van der Waals surface area contributed by atoms with E-state index in [1.54, 1.807) is 30.5 Å². The maximum atomic E-state index is 12.5. The van der Waals surface area contributed by atoms with Gasteiger partial charge in [-0.2, -0.15) is 0 Å². The van der Waals surface area contributed by atoms with Crippen LogP contribution in [0.5, 0.6) is 0 Å². The number of benzene rings is 2. The van der Waals surface area contributed by atoms with Gasteiger partial charge in [-0.25, -0.2) is 9.67 Å². The van der Waals surface area contributed by atoms with Crippen LogP contribution in [-0.4, -0.2) is 36.1 Å². The molecule has 2 N–H and O–H groups in total. The molecule has 2 aromatic heterocycles. The fourth-order valence-electron chi connectivity index (χ4n) is 2.71. The summed E-state index contributed by atoms with van der Waals surface area (Å²) >= 11 is 0. The maximum Gasteiger partial charge on any atom is 0.251 e. The summed E-state index contributed by atoms with van der Waals surface area (Å²) in [5.74, 6) is 0.524. The lowest BCUT2D eigenvalue weighted by Crippen LogP contribution is -2.27. The second-order valence-electron chi connectivity index (χ2n) is 6.04. The number of amides is 1. The average Bonchev–Trinajstić information content (AvgIpc) is 3.41. The second-order valence-corrected chi connectivity index (χ2v) is 6.04. The zero-order valence-electron chi connectivity index (χ0n) is 14.6. The molecule has 0 spiro atoms. The van der Waals surface area contributed by atoms with E-state index in [2.05, 4.69) is 30.8 Å². The van der Waals surface area contributed by atoms with Crippen LogP contribution in [0, 0.1) is 0 Å². The van der Waals surface area contributed by atoms with Gasteiger partial charge in [0.25, 0.3) is 5.91 Å². The van der Waals surface area contributed by atoms with E-state index in [1.165, 1.54) is 11.0 Å². The van der Waals surface area contributed by atoms with Crippen LogP contribution in [-0.2, 0) is 0 Å². The summed E-state index contributed by atoms with van der Waals surface area (Å²) in [4.78, 5) is 20.2. The number of tetrazole rings is 1. The summed E-state index contributed by atoms with van der Waals surface area (Å²) < 4.78 is 1.53. The largest absolute Gasteiger partial charge is 0.342 e. The zero-order chi connectivity index (χ0) is 18.6. The third-order valence-electron chi connectivity index (χ3n) is 4.18. The molecule has 0 aliphatic carbocycles. The summed E-state index contributed by atoms with van der Waals surface area (Å²) in [6, 6.07) is 16.7. The molecule has 8 nitrogen and oxygen atoms in total. The first-order valence-electron chi connectivity index (χ1n) is 8.45. The highest BCUT2D eigenvalue weighted by Gasteiger charge is 2.15. The molecule has 0 bridgehead atoms. The first-order valence-corrected chi connectivity index (χ1v) is 8.45. The zero-order valence-corrected chi connectivity index (χ0v) is 14.6. The maximum absolute atomic E-state index is 12.5. The normalized spacial score (nSPS) is 11.9. The Balaban J connectivity index is 1.44. The summed E-state index contributed by atoms with van der Waals surface area (Å²) in [5.41, 5.74) is 3.29. The molecule has 0 saturated heterocycles. The Hall–Kier alpha value is -3.81. The van der Waals surface area contributed by atoms with E-state index in [9.17, 15) is 4.79 Å². The number of aromatic amines is 1. The molecule has 1 atom stereocenters. The van der Waals surface area contributed by atoms with E-state index in [-0.39, 0.29) is 11.9 Å². The van der Waals surface area contributed by atoms with E-state index < -0.39 is 0 Å². The smallest absolute Gasteiger partial charge is 0.251 e. The number of hydrogen-bond donors (Lipinski definition) is 2. The molecule has 8 heteroatoms. The van der Waals surface area contributed by atoms with E-state index >= 15 is 0 Å². The fraction of sp³-hybridized carbons (Fsp3) is 0.105. The number of carbonyl (C=O) groups is 1. The van der Waals surface area contributed by atoms with E-state index in [4.69, 9.17) is 0 Å². The molecular weight excluding hydrogens is 342 g/mol. The van der Waals surface area contributed by atoms with Crippen molar-refractivity contribution in [2.45, 2.75) is 13.0 Å². The standard InChI is InChI=1S/C19H17N7O/c1-13(18-20-11-17(23-18)14-5-3-2-4-6-14)22-19(27)15-7-9-16(10-8-15)26-12-21-24-25-26/h2-13H,1H3,(H,20,23)(H,22,27). The Morgan fingerprint density at radius 2 is 1.89 bits per heavy atom. The minimum absolute atomic E-state index is 0.177.